The van der Waals surface area contributed by atoms with Gasteiger partial charge in [-0.2, -0.15) is 0 Å². The molecule has 3 aromatic rings. The number of ether oxygens (including phenoxy) is 2. The second-order valence-corrected chi connectivity index (χ2v) is 19.5. The molecule has 1 saturated heterocycles. The van der Waals surface area contributed by atoms with Gasteiger partial charge >= 0.3 is 0 Å². The summed E-state index contributed by atoms with van der Waals surface area (Å²) in [7, 11) is -2.42. The van der Waals surface area contributed by atoms with Gasteiger partial charge in [-0.25, -0.2) is 17.8 Å². The molecule has 57 heavy (non-hydrogen) atoms. The third-order valence-corrected chi connectivity index (χ3v) is 15.6. The zero-order valence-electron chi connectivity index (χ0n) is 32.3. The van der Waals surface area contributed by atoms with Crippen molar-refractivity contribution in [2.24, 2.45) is 5.92 Å². The van der Waals surface area contributed by atoms with Crippen molar-refractivity contribution in [1.29, 1.82) is 0 Å². The molecule has 3 N–H and O–H groups in total. The van der Waals surface area contributed by atoms with Gasteiger partial charge in [0, 0.05) is 23.3 Å². The Hall–Kier alpha value is -4.57. The van der Waals surface area contributed by atoms with Gasteiger partial charge in [0.05, 0.1) is 29.6 Å². The molecule has 5 aliphatic rings. The van der Waals surface area contributed by atoms with Crippen molar-refractivity contribution in [1.82, 2.24) is 25.2 Å². The molecule has 4 amide bonds. The third-order valence-electron chi connectivity index (χ3n) is 12.5. The Morgan fingerprint density at radius 1 is 1.14 bits per heavy atom. The summed E-state index contributed by atoms with van der Waals surface area (Å²) in [6.07, 6.45) is 9.45. The largest absolute Gasteiger partial charge is 0.497 e. The molecule has 3 fully saturated rings. The van der Waals surface area contributed by atoms with Gasteiger partial charge in [0.1, 0.15) is 45.4 Å². The molecule has 0 unspecified atom stereocenters. The Balaban J connectivity index is 1.16. The highest BCUT2D eigenvalue weighted by Crippen LogP contribution is 2.49. The first-order chi connectivity index (χ1) is 27.2. The van der Waals surface area contributed by atoms with Gasteiger partial charge in [-0.15, -0.1) is 11.3 Å². The van der Waals surface area contributed by atoms with E-state index in [0.29, 0.717) is 56.4 Å². The molecule has 8 rings (SSSR count). The summed E-state index contributed by atoms with van der Waals surface area (Å²) in [5.41, 5.74) is -0.0877. The lowest BCUT2D eigenvalue weighted by Crippen LogP contribution is -2.58. The standard InChI is InChI=1S/C41H48FN5O8S2/c1-4-29-33-26(27-20-25(54-3)12-13-30(27)43-29)14-16-40(55-33)22-32-35(48)45-41(38(51)46-57(52,53)39(2)17-18-39)21-24(41)10-8-6-5-7-9-11-31(37(50)47(32)23-40)44-36(49)34-28(42)15-19-56-34/h8,10,12-13,15,19-20,24,31-32H,4-7,9,11,14,16-18,21-23H2,1-3H3,(H,44,49)(H,45,48)(H,46,51)/t24-,31+,32+,40-,41-/m1/s1. The van der Waals surface area contributed by atoms with Crippen molar-refractivity contribution in [3.8, 4) is 11.5 Å². The van der Waals surface area contributed by atoms with E-state index in [1.165, 1.54) is 16.3 Å². The summed E-state index contributed by atoms with van der Waals surface area (Å²) in [5.74, 6) is -2.55. The fourth-order valence-corrected chi connectivity index (χ4v) is 10.6. The number of amides is 4. The number of aromatic nitrogens is 1. The zero-order chi connectivity index (χ0) is 40.3. The Kier molecular flexibility index (Phi) is 10.1. The van der Waals surface area contributed by atoms with Crippen LogP contribution in [0.2, 0.25) is 0 Å². The van der Waals surface area contributed by atoms with E-state index >= 15 is 0 Å². The lowest BCUT2D eigenvalue weighted by atomic mass is 9.87. The fraction of sp³-hybridized carbons (Fsp3) is 0.537. The van der Waals surface area contributed by atoms with Gasteiger partial charge in [-0.1, -0.05) is 31.9 Å². The van der Waals surface area contributed by atoms with Crippen molar-refractivity contribution in [2.75, 3.05) is 13.7 Å². The molecule has 5 heterocycles. The van der Waals surface area contributed by atoms with E-state index in [-0.39, 0.29) is 30.7 Å². The second-order valence-electron chi connectivity index (χ2n) is 16.4. The van der Waals surface area contributed by atoms with Crippen LogP contribution in [0.25, 0.3) is 10.9 Å². The number of rotatable bonds is 7. The van der Waals surface area contributed by atoms with Gasteiger partial charge in [0.15, 0.2) is 0 Å². The number of hydrogen-bond donors (Lipinski definition) is 3. The van der Waals surface area contributed by atoms with Crippen LogP contribution >= 0.6 is 11.3 Å². The molecule has 1 aromatic carbocycles. The maximum Gasteiger partial charge on any atom is 0.265 e. The van der Waals surface area contributed by atoms with Crippen molar-refractivity contribution >= 4 is 55.9 Å². The first-order valence-corrected chi connectivity index (χ1v) is 22.2. The predicted molar refractivity (Wildman–Crippen MR) is 211 cm³/mol. The molecule has 304 valence electrons. The van der Waals surface area contributed by atoms with Gasteiger partial charge in [-0.3, -0.25) is 23.9 Å². The second kappa shape index (κ2) is 14.7. The number of sulfonamides is 1. The summed E-state index contributed by atoms with van der Waals surface area (Å²) in [6.45, 7) is 3.57. The summed E-state index contributed by atoms with van der Waals surface area (Å²) in [6, 6.07) is 4.66. The Morgan fingerprint density at radius 2 is 1.95 bits per heavy atom. The van der Waals surface area contributed by atoms with Crippen molar-refractivity contribution in [3.05, 3.63) is 63.7 Å². The number of nitrogens with zero attached hydrogens (tertiary/aromatic N) is 2. The number of pyridine rings is 1. The number of halogens is 1. The van der Waals surface area contributed by atoms with Gasteiger partial charge in [-0.05, 0) is 94.4 Å². The SMILES string of the molecule is CCc1nc2ccc(OC)cc2c2c1O[C@]1(CC2)C[C@H]2C(=O)N[C@]3(C(=O)NS(=O)(=O)C4(C)CC4)C[C@H]3C=CCCCCC[C@H](NC(=O)c3sccc3F)C(=O)N2C1. The zero-order valence-corrected chi connectivity index (χ0v) is 34.0. The van der Waals surface area contributed by atoms with E-state index < -0.39 is 73.4 Å². The Bertz CT molecular complexity index is 2290. The van der Waals surface area contributed by atoms with E-state index in [1.54, 1.807) is 14.0 Å². The minimum absolute atomic E-state index is 0.00232. The van der Waals surface area contributed by atoms with Crippen LogP contribution in [0.1, 0.15) is 99.0 Å². The van der Waals surface area contributed by atoms with E-state index in [4.69, 9.17) is 14.5 Å². The molecule has 2 saturated carbocycles. The summed E-state index contributed by atoms with van der Waals surface area (Å²) in [5, 5.41) is 8.06. The topological polar surface area (TPSA) is 173 Å². The average Bonchev–Trinajstić information content (AvgIpc) is 4.01. The molecule has 16 heteroatoms. The summed E-state index contributed by atoms with van der Waals surface area (Å²) < 4.78 is 54.7. The molecular weight excluding hydrogens is 774 g/mol. The van der Waals surface area contributed by atoms with E-state index in [1.807, 2.05) is 37.3 Å². The van der Waals surface area contributed by atoms with Crippen LogP contribution in [0.3, 0.4) is 0 Å². The molecule has 0 bridgehead atoms. The van der Waals surface area contributed by atoms with Crippen molar-refractivity contribution in [3.63, 3.8) is 0 Å². The number of benzene rings is 1. The normalized spacial score (nSPS) is 28.2. The Morgan fingerprint density at radius 3 is 2.67 bits per heavy atom. The lowest BCUT2D eigenvalue weighted by Gasteiger charge is -2.37. The van der Waals surface area contributed by atoms with Gasteiger partial charge in [0.25, 0.3) is 11.8 Å². The molecule has 3 aliphatic heterocycles. The summed E-state index contributed by atoms with van der Waals surface area (Å²) in [4.78, 5) is 63.1. The van der Waals surface area contributed by atoms with Crippen LogP contribution in [0.5, 0.6) is 11.5 Å². The van der Waals surface area contributed by atoms with Gasteiger partial charge in [0.2, 0.25) is 21.8 Å². The fourth-order valence-electron chi connectivity index (χ4n) is 8.62. The van der Waals surface area contributed by atoms with Crippen molar-refractivity contribution in [2.45, 2.75) is 119 Å². The van der Waals surface area contributed by atoms with Crippen LogP contribution in [0.15, 0.2) is 41.8 Å². The molecule has 13 nitrogen and oxygen atoms in total. The first-order valence-electron chi connectivity index (χ1n) is 19.8. The Labute approximate surface area is 335 Å². The highest BCUT2D eigenvalue weighted by atomic mass is 32.2. The molecule has 2 aromatic heterocycles. The number of carbonyl (C=O) groups excluding carboxylic acids is 4. The minimum atomic E-state index is -4.01. The predicted octanol–water partition coefficient (Wildman–Crippen LogP) is 4.86. The molecule has 0 radical (unpaired) electrons. The number of thiophene rings is 1. The van der Waals surface area contributed by atoms with Crippen molar-refractivity contribution < 1.29 is 41.5 Å². The van der Waals surface area contributed by atoms with E-state index in [0.717, 1.165) is 46.3 Å². The maximum atomic E-state index is 14.8. The number of aryl methyl sites for hydroxylation is 2. The number of fused-ring (bicyclic) bond motifs is 5. The first kappa shape index (κ1) is 39.3. The summed E-state index contributed by atoms with van der Waals surface area (Å²) >= 11 is 0.933. The number of allylic oxidation sites excluding steroid dienone is 1. The van der Waals surface area contributed by atoms with Crippen LogP contribution in [0.4, 0.5) is 4.39 Å². The lowest BCUT2D eigenvalue weighted by molar-refractivity contribution is -0.141. The van der Waals surface area contributed by atoms with Gasteiger partial charge < -0.3 is 25.0 Å². The van der Waals surface area contributed by atoms with Crippen LogP contribution in [0, 0.1) is 11.7 Å². The van der Waals surface area contributed by atoms with Crippen LogP contribution < -0.4 is 24.8 Å². The quantitative estimate of drug-likeness (QED) is 0.282. The van der Waals surface area contributed by atoms with E-state index in [9.17, 15) is 32.0 Å². The average molecular weight is 822 g/mol. The third kappa shape index (κ3) is 7.17. The van der Waals surface area contributed by atoms with E-state index in [2.05, 4.69) is 15.4 Å². The minimum Gasteiger partial charge on any atom is -0.497 e. The molecule has 1 spiro atoms. The maximum absolute atomic E-state index is 14.8. The highest BCUT2D eigenvalue weighted by Gasteiger charge is 2.64. The monoisotopic (exact) mass is 821 g/mol. The highest BCUT2D eigenvalue weighted by molar-refractivity contribution is 7.91. The molecule has 2 aliphatic carbocycles. The smallest absolute Gasteiger partial charge is 0.265 e. The molecule has 5 atom stereocenters. The number of hydrogen-bond acceptors (Lipinski definition) is 10. The number of carbonyl (C=O) groups is 4. The van der Waals surface area contributed by atoms with Crippen LogP contribution in [-0.4, -0.2) is 83.6 Å². The number of methoxy groups -OCH3 is 1. The van der Waals surface area contributed by atoms with Crippen LogP contribution in [-0.2, 0) is 37.2 Å². The number of nitrogens with one attached hydrogen (secondary N) is 3. The molecular formula is C41H48FN5O8S2.